The van der Waals surface area contributed by atoms with E-state index in [1.54, 1.807) is 11.0 Å². The van der Waals surface area contributed by atoms with E-state index in [-0.39, 0.29) is 5.91 Å². The van der Waals surface area contributed by atoms with Crippen LogP contribution in [0.15, 0.2) is 65.1 Å². The molecule has 194 valence electrons. The predicted molar refractivity (Wildman–Crippen MR) is 141 cm³/mol. The quantitative estimate of drug-likeness (QED) is 0.203. The topological polar surface area (TPSA) is 81.9 Å². The van der Waals surface area contributed by atoms with E-state index in [1.165, 1.54) is 7.11 Å². The van der Waals surface area contributed by atoms with Crippen LogP contribution in [0, 0.1) is 6.92 Å². The number of fused-ring (bicyclic) bond motifs is 1. The first kappa shape index (κ1) is 26.2. The predicted octanol–water partition coefficient (Wildman–Crippen LogP) is 5.62. The van der Waals surface area contributed by atoms with E-state index in [9.17, 15) is 9.59 Å². The van der Waals surface area contributed by atoms with Crippen molar-refractivity contribution in [2.24, 2.45) is 0 Å². The van der Waals surface area contributed by atoms with Crippen LogP contribution in [0.5, 0.6) is 5.75 Å². The second-order valence-electron chi connectivity index (χ2n) is 9.10. The number of carbonyl (C=O) groups excluding carboxylic acids is 2. The van der Waals surface area contributed by atoms with Crippen LogP contribution in [0.2, 0.25) is 0 Å². The lowest BCUT2D eigenvalue weighted by Crippen LogP contribution is -2.43. The van der Waals surface area contributed by atoms with Gasteiger partial charge < -0.3 is 18.8 Å². The number of ether oxygens (including phenoxy) is 2. The van der Waals surface area contributed by atoms with Crippen LogP contribution in [0.4, 0.5) is 0 Å². The van der Waals surface area contributed by atoms with Gasteiger partial charge in [0.15, 0.2) is 6.04 Å². The zero-order valence-electron chi connectivity index (χ0n) is 21.7. The highest BCUT2D eigenvalue weighted by atomic mass is 16.5. The Kier molecular flexibility index (Phi) is 8.77. The molecular weight excluding hydrogens is 468 g/mol. The molecule has 7 heteroatoms. The lowest BCUT2D eigenvalue weighted by atomic mass is 9.92. The summed E-state index contributed by atoms with van der Waals surface area (Å²) in [5.74, 6) is 1.35. The standard InChI is InChI=1S/C30H34N2O5/c1-4-5-6-10-13-27(33)32-18-16-22-14-15-24(20-25(22)28(32)30(34)35-3)36-19-17-26-21(2)37-29(31-26)23-11-8-7-9-12-23/h7-15,20,28H,4-6,16-19H2,1-3H3. The Hall–Kier alpha value is -3.87. The van der Waals surface area contributed by atoms with E-state index >= 15 is 0 Å². The van der Waals surface area contributed by atoms with Gasteiger partial charge >= 0.3 is 5.97 Å². The largest absolute Gasteiger partial charge is 0.493 e. The van der Waals surface area contributed by atoms with Crippen LogP contribution in [0.1, 0.15) is 54.8 Å². The van der Waals surface area contributed by atoms with Crippen molar-refractivity contribution in [3.63, 3.8) is 0 Å². The summed E-state index contributed by atoms with van der Waals surface area (Å²) in [7, 11) is 1.35. The van der Waals surface area contributed by atoms with E-state index in [0.717, 1.165) is 47.4 Å². The van der Waals surface area contributed by atoms with Gasteiger partial charge in [0, 0.05) is 18.5 Å². The molecule has 4 rings (SSSR count). The van der Waals surface area contributed by atoms with Crippen LogP contribution in [0.25, 0.3) is 11.5 Å². The van der Waals surface area contributed by atoms with Gasteiger partial charge in [0.05, 0.1) is 19.4 Å². The third-order valence-corrected chi connectivity index (χ3v) is 6.56. The fourth-order valence-electron chi connectivity index (χ4n) is 4.52. The zero-order valence-corrected chi connectivity index (χ0v) is 21.7. The molecule has 0 bridgehead atoms. The first-order valence-corrected chi connectivity index (χ1v) is 12.8. The van der Waals surface area contributed by atoms with Crippen molar-refractivity contribution >= 4 is 11.9 Å². The highest BCUT2D eigenvalue weighted by molar-refractivity contribution is 5.92. The summed E-state index contributed by atoms with van der Waals surface area (Å²) in [5, 5.41) is 0. The number of aromatic nitrogens is 1. The summed E-state index contributed by atoms with van der Waals surface area (Å²) in [5.41, 5.74) is 3.54. The van der Waals surface area contributed by atoms with Crippen molar-refractivity contribution in [2.75, 3.05) is 20.3 Å². The molecule has 0 N–H and O–H groups in total. The number of allylic oxidation sites excluding steroid dienone is 1. The number of rotatable bonds is 10. The summed E-state index contributed by atoms with van der Waals surface area (Å²) in [6.45, 7) is 4.86. The smallest absolute Gasteiger partial charge is 0.333 e. The van der Waals surface area contributed by atoms with E-state index < -0.39 is 12.0 Å². The minimum atomic E-state index is -0.799. The number of oxazole rings is 1. The molecule has 0 spiro atoms. The van der Waals surface area contributed by atoms with Crippen LogP contribution in [-0.4, -0.2) is 42.0 Å². The maximum Gasteiger partial charge on any atom is 0.333 e. The zero-order chi connectivity index (χ0) is 26.2. The fraction of sp³-hybridized carbons (Fsp3) is 0.367. The summed E-state index contributed by atoms with van der Waals surface area (Å²) < 4.78 is 17.0. The molecule has 37 heavy (non-hydrogen) atoms. The molecule has 0 saturated carbocycles. The Morgan fingerprint density at radius 1 is 1.19 bits per heavy atom. The highest BCUT2D eigenvalue weighted by Crippen LogP contribution is 2.34. The van der Waals surface area contributed by atoms with Crippen molar-refractivity contribution in [2.45, 2.75) is 52.0 Å². The second kappa shape index (κ2) is 12.4. The molecule has 1 atom stereocenters. The van der Waals surface area contributed by atoms with E-state index in [0.29, 0.717) is 37.6 Å². The number of nitrogens with zero attached hydrogens (tertiary/aromatic N) is 2. The number of methoxy groups -OCH3 is 1. The lowest BCUT2D eigenvalue weighted by molar-refractivity contribution is -0.152. The molecule has 2 heterocycles. The number of benzene rings is 2. The third kappa shape index (κ3) is 6.28. The van der Waals surface area contributed by atoms with E-state index in [2.05, 4.69) is 11.9 Å². The lowest BCUT2D eigenvalue weighted by Gasteiger charge is -2.35. The van der Waals surface area contributed by atoms with Crippen molar-refractivity contribution < 1.29 is 23.5 Å². The first-order valence-electron chi connectivity index (χ1n) is 12.8. The van der Waals surface area contributed by atoms with Gasteiger partial charge in [-0.1, -0.05) is 50.1 Å². The van der Waals surface area contributed by atoms with E-state index in [4.69, 9.17) is 13.9 Å². The average Bonchev–Trinajstić information content (AvgIpc) is 3.30. The monoisotopic (exact) mass is 502 g/mol. The normalized spacial score (nSPS) is 15.0. The number of esters is 1. The fourth-order valence-corrected chi connectivity index (χ4v) is 4.52. The van der Waals surface area contributed by atoms with Gasteiger partial charge in [0.25, 0.3) is 0 Å². The molecule has 1 aromatic heterocycles. The van der Waals surface area contributed by atoms with Crippen LogP contribution >= 0.6 is 0 Å². The highest BCUT2D eigenvalue weighted by Gasteiger charge is 2.36. The number of unbranched alkanes of at least 4 members (excludes halogenated alkanes) is 2. The van der Waals surface area contributed by atoms with Crippen molar-refractivity contribution in [1.82, 2.24) is 9.88 Å². The number of aryl methyl sites for hydroxylation is 1. The Bertz CT molecular complexity index is 1250. The SMILES string of the molecule is CCCCC=CC(=O)N1CCc2ccc(OCCc3nc(-c4ccccc4)oc3C)cc2C1C(=O)OC. The molecule has 0 fully saturated rings. The van der Waals surface area contributed by atoms with Gasteiger partial charge in [-0.25, -0.2) is 9.78 Å². The maximum atomic E-state index is 12.9. The number of hydrogen-bond acceptors (Lipinski definition) is 6. The van der Waals surface area contributed by atoms with Crippen LogP contribution < -0.4 is 4.74 Å². The molecule has 0 radical (unpaired) electrons. The van der Waals surface area contributed by atoms with Gasteiger partial charge in [0.1, 0.15) is 11.5 Å². The van der Waals surface area contributed by atoms with Crippen molar-refractivity contribution in [3.8, 4) is 17.2 Å². The second-order valence-corrected chi connectivity index (χ2v) is 9.10. The molecule has 0 aliphatic carbocycles. The van der Waals surface area contributed by atoms with Crippen LogP contribution in [0.3, 0.4) is 0 Å². The Morgan fingerprint density at radius 2 is 2.00 bits per heavy atom. The Labute approximate surface area is 218 Å². The molecule has 1 unspecified atom stereocenters. The summed E-state index contributed by atoms with van der Waals surface area (Å²) in [4.78, 5) is 31.9. The summed E-state index contributed by atoms with van der Waals surface area (Å²) >= 11 is 0. The number of carbonyl (C=O) groups is 2. The van der Waals surface area contributed by atoms with Gasteiger partial charge in [-0.2, -0.15) is 0 Å². The first-order chi connectivity index (χ1) is 18.0. The van der Waals surface area contributed by atoms with E-state index in [1.807, 2.05) is 61.5 Å². The maximum absolute atomic E-state index is 12.9. The number of amides is 1. The van der Waals surface area contributed by atoms with Crippen molar-refractivity contribution in [3.05, 3.63) is 83.3 Å². The molecule has 7 nitrogen and oxygen atoms in total. The summed E-state index contributed by atoms with van der Waals surface area (Å²) in [6.07, 6.45) is 7.62. The average molecular weight is 503 g/mol. The Morgan fingerprint density at radius 3 is 2.76 bits per heavy atom. The van der Waals surface area contributed by atoms with Gasteiger partial charge in [0.2, 0.25) is 11.8 Å². The summed E-state index contributed by atoms with van der Waals surface area (Å²) in [6, 6.07) is 14.7. The molecule has 2 aromatic carbocycles. The number of hydrogen-bond donors (Lipinski definition) is 0. The molecule has 0 saturated heterocycles. The van der Waals surface area contributed by atoms with Crippen molar-refractivity contribution in [1.29, 1.82) is 0 Å². The molecule has 3 aromatic rings. The van der Waals surface area contributed by atoms with Gasteiger partial charge in [-0.15, -0.1) is 0 Å². The minimum Gasteiger partial charge on any atom is -0.493 e. The molecule has 1 aliphatic heterocycles. The minimum absolute atomic E-state index is 0.181. The van der Waals surface area contributed by atoms with Gasteiger partial charge in [-0.3, -0.25) is 4.79 Å². The van der Waals surface area contributed by atoms with Crippen LogP contribution in [-0.2, 0) is 27.2 Å². The Balaban J connectivity index is 1.46. The third-order valence-electron chi connectivity index (χ3n) is 6.56. The molecule has 1 aliphatic rings. The molecule has 1 amide bonds. The van der Waals surface area contributed by atoms with Gasteiger partial charge in [-0.05, 0) is 61.2 Å². The molecular formula is C30H34N2O5.